The molecule has 0 bridgehead atoms. The first-order valence-electron chi connectivity index (χ1n) is 8.89. The molecule has 2 N–H and O–H groups in total. The maximum atomic E-state index is 12.4. The van der Waals surface area contributed by atoms with Crippen LogP contribution in [0.1, 0.15) is 37.9 Å². The van der Waals surface area contributed by atoms with Crippen molar-refractivity contribution in [2.45, 2.75) is 26.8 Å². The Balaban J connectivity index is 2.02. The Hall–Kier alpha value is -3.08. The molecular weight excluding hydrogens is 340 g/mol. The van der Waals surface area contributed by atoms with Crippen molar-refractivity contribution in [1.29, 1.82) is 0 Å². The van der Waals surface area contributed by atoms with Gasteiger partial charge < -0.3 is 15.4 Å². The number of benzene rings is 2. The number of methoxy groups -OCH3 is 1. The fourth-order valence-electron chi connectivity index (χ4n) is 2.70. The second kappa shape index (κ2) is 9.57. The predicted molar refractivity (Wildman–Crippen MR) is 108 cm³/mol. The molecule has 1 unspecified atom stereocenters. The van der Waals surface area contributed by atoms with Gasteiger partial charge in [-0.05, 0) is 47.4 Å². The van der Waals surface area contributed by atoms with E-state index in [0.717, 1.165) is 22.6 Å². The summed E-state index contributed by atoms with van der Waals surface area (Å²) in [6.07, 6.45) is 3.27. The van der Waals surface area contributed by atoms with E-state index in [2.05, 4.69) is 24.5 Å². The third-order valence-electron chi connectivity index (χ3n) is 4.10. The zero-order chi connectivity index (χ0) is 19.8. The largest absolute Gasteiger partial charge is 0.497 e. The first-order chi connectivity index (χ1) is 12.9. The molecule has 0 aliphatic rings. The molecule has 0 radical (unpaired) electrons. The number of amides is 2. The third-order valence-corrected chi connectivity index (χ3v) is 4.10. The molecule has 0 aromatic heterocycles. The summed E-state index contributed by atoms with van der Waals surface area (Å²) in [6, 6.07) is 14.9. The Morgan fingerprint density at radius 2 is 1.63 bits per heavy atom. The van der Waals surface area contributed by atoms with Crippen LogP contribution >= 0.6 is 0 Å². The van der Waals surface area contributed by atoms with E-state index in [4.69, 9.17) is 4.74 Å². The highest BCUT2D eigenvalue weighted by Gasteiger charge is 2.17. The zero-order valence-electron chi connectivity index (χ0n) is 16.2. The van der Waals surface area contributed by atoms with Gasteiger partial charge in [0.05, 0.1) is 13.2 Å². The van der Waals surface area contributed by atoms with Gasteiger partial charge in [0, 0.05) is 18.7 Å². The fraction of sp³-hybridized carbons (Fsp3) is 0.273. The zero-order valence-corrected chi connectivity index (χ0v) is 16.2. The molecule has 2 amide bonds. The van der Waals surface area contributed by atoms with Crippen LogP contribution in [-0.2, 0) is 9.59 Å². The van der Waals surface area contributed by atoms with Crippen LogP contribution < -0.4 is 15.4 Å². The van der Waals surface area contributed by atoms with Gasteiger partial charge in [0.2, 0.25) is 11.8 Å². The molecule has 27 heavy (non-hydrogen) atoms. The average Bonchev–Trinajstić information content (AvgIpc) is 2.65. The topological polar surface area (TPSA) is 67.4 Å². The van der Waals surface area contributed by atoms with Gasteiger partial charge in [-0.1, -0.05) is 38.1 Å². The van der Waals surface area contributed by atoms with Gasteiger partial charge in [0.15, 0.2) is 0 Å². The van der Waals surface area contributed by atoms with Crippen molar-refractivity contribution in [1.82, 2.24) is 5.32 Å². The van der Waals surface area contributed by atoms with Crippen LogP contribution in [0.15, 0.2) is 54.6 Å². The number of nitrogens with one attached hydrogen (secondary N) is 2. The van der Waals surface area contributed by atoms with E-state index in [9.17, 15) is 9.59 Å². The monoisotopic (exact) mass is 366 g/mol. The third kappa shape index (κ3) is 6.29. The lowest BCUT2D eigenvalue weighted by atomic mass is 9.96. The van der Waals surface area contributed by atoms with Crippen LogP contribution in [-0.4, -0.2) is 18.9 Å². The van der Waals surface area contributed by atoms with Gasteiger partial charge >= 0.3 is 0 Å². The quantitative estimate of drug-likeness (QED) is 0.723. The van der Waals surface area contributed by atoms with Crippen molar-refractivity contribution in [3.63, 3.8) is 0 Å². The van der Waals surface area contributed by atoms with Crippen LogP contribution in [0.4, 0.5) is 5.69 Å². The summed E-state index contributed by atoms with van der Waals surface area (Å²) in [4.78, 5) is 23.4. The standard InChI is InChI=1S/C22H26N2O3/c1-15(2)22(18-8-12-20(27-4)13-9-18)24-21(26)14-7-17-5-10-19(11-6-17)23-16(3)25/h5-15,22H,1-4H3,(H,23,25)(H,24,26)/b14-7+. The molecule has 0 spiro atoms. The Labute approximate surface area is 160 Å². The van der Waals surface area contributed by atoms with Crippen molar-refractivity contribution < 1.29 is 14.3 Å². The van der Waals surface area contributed by atoms with Gasteiger partial charge in [-0.25, -0.2) is 0 Å². The first kappa shape index (κ1) is 20.2. The van der Waals surface area contributed by atoms with Gasteiger partial charge in [-0.2, -0.15) is 0 Å². The number of hydrogen-bond donors (Lipinski definition) is 2. The molecule has 2 rings (SSSR count). The van der Waals surface area contributed by atoms with Crippen LogP contribution in [0.2, 0.25) is 0 Å². The van der Waals surface area contributed by atoms with Crippen LogP contribution in [0.3, 0.4) is 0 Å². The molecule has 0 aliphatic carbocycles. The smallest absolute Gasteiger partial charge is 0.244 e. The summed E-state index contributed by atoms with van der Waals surface area (Å²) in [6.45, 7) is 5.60. The maximum Gasteiger partial charge on any atom is 0.244 e. The molecule has 0 aliphatic heterocycles. The summed E-state index contributed by atoms with van der Waals surface area (Å²) in [7, 11) is 1.63. The van der Waals surface area contributed by atoms with E-state index in [1.165, 1.54) is 13.0 Å². The lowest BCUT2D eigenvalue weighted by molar-refractivity contribution is -0.117. The molecule has 5 nitrogen and oxygen atoms in total. The summed E-state index contributed by atoms with van der Waals surface area (Å²) in [5.41, 5.74) is 2.64. The number of hydrogen-bond acceptors (Lipinski definition) is 3. The summed E-state index contributed by atoms with van der Waals surface area (Å²) >= 11 is 0. The predicted octanol–water partition coefficient (Wildman–Crippen LogP) is 4.18. The van der Waals surface area contributed by atoms with Crippen LogP contribution in [0.25, 0.3) is 6.08 Å². The minimum absolute atomic E-state index is 0.0878. The molecule has 142 valence electrons. The molecule has 1 atom stereocenters. The summed E-state index contributed by atoms with van der Waals surface area (Å²) < 4.78 is 5.19. The Kier molecular flexibility index (Phi) is 7.17. The van der Waals surface area contributed by atoms with E-state index in [-0.39, 0.29) is 23.8 Å². The molecule has 0 heterocycles. The Morgan fingerprint density at radius 1 is 1.00 bits per heavy atom. The number of rotatable bonds is 7. The van der Waals surface area contributed by atoms with Crippen LogP contribution in [0, 0.1) is 5.92 Å². The molecule has 0 fully saturated rings. The van der Waals surface area contributed by atoms with E-state index in [1.54, 1.807) is 25.3 Å². The van der Waals surface area contributed by atoms with E-state index in [0.29, 0.717) is 0 Å². The van der Waals surface area contributed by atoms with Gasteiger partial charge in [-0.15, -0.1) is 0 Å². The van der Waals surface area contributed by atoms with Crippen molar-refractivity contribution in [3.05, 3.63) is 65.7 Å². The molecule has 2 aromatic rings. The SMILES string of the molecule is COc1ccc(C(NC(=O)/C=C/c2ccc(NC(C)=O)cc2)C(C)C)cc1. The van der Waals surface area contributed by atoms with Crippen molar-refractivity contribution >= 4 is 23.6 Å². The Morgan fingerprint density at radius 3 is 2.15 bits per heavy atom. The van der Waals surface area contributed by atoms with Crippen molar-refractivity contribution in [3.8, 4) is 5.75 Å². The van der Waals surface area contributed by atoms with E-state index >= 15 is 0 Å². The molecule has 2 aromatic carbocycles. The fourth-order valence-corrected chi connectivity index (χ4v) is 2.70. The number of carbonyl (C=O) groups excluding carboxylic acids is 2. The first-order valence-corrected chi connectivity index (χ1v) is 8.89. The number of carbonyl (C=O) groups is 2. The highest BCUT2D eigenvalue weighted by Crippen LogP contribution is 2.24. The summed E-state index contributed by atoms with van der Waals surface area (Å²) in [5.74, 6) is 0.759. The second-order valence-electron chi connectivity index (χ2n) is 6.64. The van der Waals surface area contributed by atoms with E-state index < -0.39 is 0 Å². The maximum absolute atomic E-state index is 12.4. The minimum atomic E-state index is -0.157. The normalized spacial score (nSPS) is 12.0. The van der Waals surface area contributed by atoms with Gasteiger partial charge in [0.1, 0.15) is 5.75 Å². The average molecular weight is 366 g/mol. The van der Waals surface area contributed by atoms with E-state index in [1.807, 2.05) is 36.4 Å². The lowest BCUT2D eigenvalue weighted by Crippen LogP contribution is -2.30. The minimum Gasteiger partial charge on any atom is -0.497 e. The second-order valence-corrected chi connectivity index (χ2v) is 6.64. The highest BCUT2D eigenvalue weighted by atomic mass is 16.5. The number of ether oxygens (including phenoxy) is 1. The number of anilines is 1. The molecular formula is C22H26N2O3. The molecule has 5 heteroatoms. The lowest BCUT2D eigenvalue weighted by Gasteiger charge is -2.22. The highest BCUT2D eigenvalue weighted by molar-refractivity contribution is 5.92. The van der Waals surface area contributed by atoms with Crippen molar-refractivity contribution in [2.75, 3.05) is 12.4 Å². The van der Waals surface area contributed by atoms with Gasteiger partial charge in [0.25, 0.3) is 0 Å². The molecule has 0 saturated heterocycles. The molecule has 0 saturated carbocycles. The summed E-state index contributed by atoms with van der Waals surface area (Å²) in [5, 5.41) is 5.76. The Bertz CT molecular complexity index is 793. The van der Waals surface area contributed by atoms with Crippen LogP contribution in [0.5, 0.6) is 5.75 Å². The van der Waals surface area contributed by atoms with Crippen molar-refractivity contribution in [2.24, 2.45) is 5.92 Å². The van der Waals surface area contributed by atoms with Gasteiger partial charge in [-0.3, -0.25) is 9.59 Å².